The summed E-state index contributed by atoms with van der Waals surface area (Å²) in [5.74, 6) is -0.0340. The SMILES string of the molecule is CCC(C)n1c(SCC(=O)Nc2c(C)nn(-c3ccccc3)c2C)nc2ccccc2c1=O. The Hall–Kier alpha value is -3.39. The molecule has 1 N–H and O–H groups in total. The van der Waals surface area contributed by atoms with Gasteiger partial charge in [0.15, 0.2) is 5.16 Å². The summed E-state index contributed by atoms with van der Waals surface area (Å²) >= 11 is 1.27. The molecule has 2 aromatic carbocycles. The van der Waals surface area contributed by atoms with Crippen molar-refractivity contribution in [2.75, 3.05) is 11.1 Å². The lowest BCUT2D eigenvalue weighted by Crippen LogP contribution is -2.26. The first-order valence-corrected chi connectivity index (χ1v) is 11.9. The van der Waals surface area contributed by atoms with Gasteiger partial charge < -0.3 is 5.32 Å². The van der Waals surface area contributed by atoms with E-state index in [1.807, 2.05) is 80.9 Å². The van der Waals surface area contributed by atoms with Gasteiger partial charge in [-0.1, -0.05) is 49.0 Å². The third kappa shape index (κ3) is 4.57. The molecule has 0 aliphatic rings. The van der Waals surface area contributed by atoms with Gasteiger partial charge in [0.1, 0.15) is 0 Å². The normalized spacial score (nSPS) is 12.1. The number of fused-ring (bicyclic) bond motifs is 1. The van der Waals surface area contributed by atoms with Crippen LogP contribution in [0.4, 0.5) is 5.69 Å². The Morgan fingerprint density at radius 1 is 1.09 bits per heavy atom. The molecule has 4 rings (SSSR count). The van der Waals surface area contributed by atoms with Crippen LogP contribution in [0.3, 0.4) is 0 Å². The van der Waals surface area contributed by atoms with Crippen LogP contribution in [0.2, 0.25) is 0 Å². The topological polar surface area (TPSA) is 81.8 Å². The van der Waals surface area contributed by atoms with Crippen LogP contribution >= 0.6 is 11.8 Å². The minimum absolute atomic E-state index is 0.0197. The van der Waals surface area contributed by atoms with E-state index in [-0.39, 0.29) is 23.3 Å². The second kappa shape index (κ2) is 9.62. The van der Waals surface area contributed by atoms with Crippen LogP contribution in [0.5, 0.6) is 0 Å². The van der Waals surface area contributed by atoms with Crippen molar-refractivity contribution in [1.82, 2.24) is 19.3 Å². The van der Waals surface area contributed by atoms with Gasteiger partial charge in [-0.2, -0.15) is 5.10 Å². The number of carbonyl (C=O) groups excluding carboxylic acids is 1. The molecule has 8 heteroatoms. The molecule has 0 bridgehead atoms. The van der Waals surface area contributed by atoms with E-state index in [0.717, 1.165) is 23.5 Å². The number of anilines is 1. The third-order valence-corrected chi connectivity index (χ3v) is 6.65. The predicted molar refractivity (Wildman–Crippen MR) is 133 cm³/mol. The van der Waals surface area contributed by atoms with Gasteiger partial charge in [-0.15, -0.1) is 0 Å². The number of carbonyl (C=O) groups is 1. The number of benzene rings is 2. The van der Waals surface area contributed by atoms with E-state index >= 15 is 0 Å². The molecule has 0 saturated carbocycles. The Balaban J connectivity index is 1.57. The zero-order valence-corrected chi connectivity index (χ0v) is 20.0. The number of amides is 1. The van der Waals surface area contributed by atoms with E-state index in [0.29, 0.717) is 21.7 Å². The fourth-order valence-corrected chi connectivity index (χ4v) is 4.65. The standard InChI is InChI=1S/C25H27N5O2S/c1-5-16(2)29-24(32)20-13-9-10-14-21(20)26-25(29)33-15-22(31)27-23-17(3)28-30(18(23)4)19-11-7-6-8-12-19/h6-14,16H,5,15H2,1-4H3,(H,27,31). The molecule has 2 aromatic heterocycles. The third-order valence-electron chi connectivity index (χ3n) is 5.70. The van der Waals surface area contributed by atoms with Crippen LogP contribution in [0.15, 0.2) is 64.5 Å². The van der Waals surface area contributed by atoms with E-state index in [4.69, 9.17) is 4.98 Å². The maximum atomic E-state index is 13.1. The molecule has 2 heterocycles. The molecular weight excluding hydrogens is 434 g/mol. The monoisotopic (exact) mass is 461 g/mol. The molecule has 0 saturated heterocycles. The second-order valence-corrected chi connectivity index (χ2v) is 8.92. The Morgan fingerprint density at radius 2 is 1.79 bits per heavy atom. The van der Waals surface area contributed by atoms with Crippen molar-refractivity contribution in [3.63, 3.8) is 0 Å². The summed E-state index contributed by atoms with van der Waals surface area (Å²) in [6.07, 6.45) is 0.788. The lowest BCUT2D eigenvalue weighted by atomic mass is 10.2. The molecule has 170 valence electrons. The Kier molecular flexibility index (Phi) is 6.65. The van der Waals surface area contributed by atoms with Crippen LogP contribution in [0.25, 0.3) is 16.6 Å². The molecular formula is C25H27N5O2S. The average Bonchev–Trinajstić information content (AvgIpc) is 3.11. The van der Waals surface area contributed by atoms with Crippen molar-refractivity contribution in [1.29, 1.82) is 0 Å². The highest BCUT2D eigenvalue weighted by Gasteiger charge is 2.19. The van der Waals surface area contributed by atoms with E-state index in [9.17, 15) is 9.59 Å². The first-order valence-electron chi connectivity index (χ1n) is 11.0. The van der Waals surface area contributed by atoms with E-state index in [2.05, 4.69) is 10.4 Å². The zero-order valence-electron chi connectivity index (χ0n) is 19.2. The first-order chi connectivity index (χ1) is 15.9. The predicted octanol–water partition coefficient (Wildman–Crippen LogP) is 4.90. The van der Waals surface area contributed by atoms with Gasteiger partial charge in [0.2, 0.25) is 5.91 Å². The average molecular weight is 462 g/mol. The number of aryl methyl sites for hydroxylation is 1. The van der Waals surface area contributed by atoms with Gasteiger partial charge in [0, 0.05) is 6.04 Å². The first kappa shape index (κ1) is 22.8. The number of rotatable bonds is 7. The van der Waals surface area contributed by atoms with Crippen molar-refractivity contribution in [3.05, 3.63) is 76.3 Å². The molecule has 7 nitrogen and oxygen atoms in total. The number of hydrogen-bond donors (Lipinski definition) is 1. The van der Waals surface area contributed by atoms with Crippen LogP contribution in [-0.4, -0.2) is 31.0 Å². The van der Waals surface area contributed by atoms with E-state index in [1.54, 1.807) is 10.6 Å². The lowest BCUT2D eigenvalue weighted by Gasteiger charge is -2.18. The summed E-state index contributed by atoms with van der Waals surface area (Å²) < 4.78 is 3.52. The number of nitrogens with one attached hydrogen (secondary N) is 1. The summed E-state index contributed by atoms with van der Waals surface area (Å²) in [4.78, 5) is 30.7. The van der Waals surface area contributed by atoms with Gasteiger partial charge in [0.25, 0.3) is 5.56 Å². The van der Waals surface area contributed by atoms with Crippen LogP contribution in [-0.2, 0) is 4.79 Å². The Morgan fingerprint density at radius 3 is 2.52 bits per heavy atom. The molecule has 33 heavy (non-hydrogen) atoms. The summed E-state index contributed by atoms with van der Waals surface area (Å²) in [5, 5.41) is 8.72. The molecule has 1 atom stereocenters. The molecule has 0 aliphatic carbocycles. The number of aromatic nitrogens is 4. The van der Waals surface area contributed by atoms with Gasteiger partial charge in [-0.05, 0) is 51.5 Å². The number of thioether (sulfide) groups is 1. The van der Waals surface area contributed by atoms with Crippen molar-refractivity contribution in [3.8, 4) is 5.69 Å². The molecule has 4 aromatic rings. The molecule has 0 aliphatic heterocycles. The number of nitrogens with zero attached hydrogens (tertiary/aromatic N) is 4. The molecule has 0 spiro atoms. The van der Waals surface area contributed by atoms with Crippen molar-refractivity contribution >= 4 is 34.3 Å². The van der Waals surface area contributed by atoms with Gasteiger partial charge >= 0.3 is 0 Å². The highest BCUT2D eigenvalue weighted by atomic mass is 32.2. The van der Waals surface area contributed by atoms with Crippen molar-refractivity contribution in [2.45, 2.75) is 45.3 Å². The maximum absolute atomic E-state index is 13.1. The summed E-state index contributed by atoms with van der Waals surface area (Å²) in [5.41, 5.74) is 3.81. The molecule has 0 radical (unpaired) electrons. The van der Waals surface area contributed by atoms with Crippen LogP contribution in [0.1, 0.15) is 37.7 Å². The van der Waals surface area contributed by atoms with E-state index in [1.165, 1.54) is 11.8 Å². The van der Waals surface area contributed by atoms with E-state index < -0.39 is 0 Å². The van der Waals surface area contributed by atoms with Crippen LogP contribution in [0, 0.1) is 13.8 Å². The summed E-state index contributed by atoms with van der Waals surface area (Å²) in [7, 11) is 0. The minimum Gasteiger partial charge on any atom is -0.322 e. The van der Waals surface area contributed by atoms with Crippen molar-refractivity contribution in [2.24, 2.45) is 0 Å². The Bertz CT molecular complexity index is 1360. The summed E-state index contributed by atoms with van der Waals surface area (Å²) in [6.45, 7) is 7.83. The fourth-order valence-electron chi connectivity index (χ4n) is 3.75. The van der Waals surface area contributed by atoms with Crippen molar-refractivity contribution < 1.29 is 4.79 Å². The fraction of sp³-hybridized carbons (Fsp3) is 0.280. The Labute approximate surface area is 196 Å². The van der Waals surface area contributed by atoms with Gasteiger partial charge in [-0.25, -0.2) is 9.67 Å². The molecule has 0 fully saturated rings. The highest BCUT2D eigenvalue weighted by molar-refractivity contribution is 7.99. The van der Waals surface area contributed by atoms with Gasteiger partial charge in [-0.3, -0.25) is 14.2 Å². The minimum atomic E-state index is -0.170. The molecule has 1 unspecified atom stereocenters. The smallest absolute Gasteiger partial charge is 0.262 e. The largest absolute Gasteiger partial charge is 0.322 e. The lowest BCUT2D eigenvalue weighted by molar-refractivity contribution is -0.113. The highest BCUT2D eigenvalue weighted by Crippen LogP contribution is 2.25. The number of hydrogen-bond acceptors (Lipinski definition) is 5. The summed E-state index contributed by atoms with van der Waals surface area (Å²) in [6, 6.07) is 17.1. The molecule has 1 amide bonds. The maximum Gasteiger partial charge on any atom is 0.262 e. The quantitative estimate of drug-likeness (QED) is 0.313. The zero-order chi connectivity index (χ0) is 23.5. The van der Waals surface area contributed by atoms with Crippen LogP contribution < -0.4 is 10.9 Å². The van der Waals surface area contributed by atoms with Gasteiger partial charge in [0.05, 0.1) is 39.4 Å². The number of para-hydroxylation sites is 2. The second-order valence-electron chi connectivity index (χ2n) is 7.97.